The van der Waals surface area contributed by atoms with Crippen LogP contribution in [0.15, 0.2) is 29.9 Å². The highest BCUT2D eigenvalue weighted by atomic mass is 32.2. The van der Waals surface area contributed by atoms with E-state index in [1.54, 1.807) is 18.0 Å². The Morgan fingerprint density at radius 1 is 1.46 bits per heavy atom. The van der Waals surface area contributed by atoms with Crippen LogP contribution < -0.4 is 0 Å². The second-order valence-electron chi connectivity index (χ2n) is 2.34. The molecule has 0 aromatic carbocycles. The van der Waals surface area contributed by atoms with Crippen molar-refractivity contribution < 1.29 is 0 Å². The van der Waals surface area contributed by atoms with Crippen molar-refractivity contribution in [3.63, 3.8) is 0 Å². The van der Waals surface area contributed by atoms with Crippen LogP contribution in [-0.4, -0.2) is 11.2 Å². The molecule has 1 rings (SSSR count). The lowest BCUT2D eigenvalue weighted by atomic mass is 10.2. The second-order valence-corrected chi connectivity index (χ2v) is 3.14. The van der Waals surface area contributed by atoms with Gasteiger partial charge in [0.25, 0.3) is 0 Å². The largest absolute Gasteiger partial charge is 0.249 e. The van der Waals surface area contributed by atoms with E-state index in [9.17, 15) is 0 Å². The Morgan fingerprint density at radius 2 is 2.08 bits per heavy atom. The first kappa shape index (κ1) is 12.2. The van der Waals surface area contributed by atoms with Crippen LogP contribution in [0.2, 0.25) is 0 Å². The van der Waals surface area contributed by atoms with Gasteiger partial charge in [0.05, 0.1) is 0 Å². The van der Waals surface area contributed by atoms with E-state index in [1.165, 1.54) is 0 Å². The topological polar surface area (TPSA) is 12.9 Å². The van der Waals surface area contributed by atoms with Gasteiger partial charge < -0.3 is 0 Å². The Morgan fingerprint density at radius 3 is 2.46 bits per heavy atom. The number of aromatic nitrogens is 1. The highest BCUT2D eigenvalue weighted by Gasteiger charge is 2.00. The molecule has 13 heavy (non-hydrogen) atoms. The molecule has 0 fully saturated rings. The van der Waals surface area contributed by atoms with Gasteiger partial charge in [0, 0.05) is 11.8 Å². The lowest BCUT2D eigenvalue weighted by Crippen LogP contribution is -1.85. The molecular weight excluding hydrogens is 178 g/mol. The number of hydrogen-bond donors (Lipinski definition) is 0. The maximum atomic E-state index is 4.22. The molecule has 0 aliphatic rings. The quantitative estimate of drug-likeness (QED) is 0.665. The number of allylic oxidation sites excluding steroid dienone is 1. The van der Waals surface area contributed by atoms with Gasteiger partial charge in [-0.05, 0) is 24.8 Å². The van der Waals surface area contributed by atoms with E-state index in [2.05, 4.69) is 11.6 Å². The minimum Gasteiger partial charge on any atom is -0.249 e. The molecule has 0 saturated carbocycles. The van der Waals surface area contributed by atoms with E-state index in [1.807, 2.05) is 39.2 Å². The highest BCUT2D eigenvalue weighted by molar-refractivity contribution is 7.98. The third-order valence-electron chi connectivity index (χ3n) is 1.42. The zero-order chi connectivity index (χ0) is 10.3. The van der Waals surface area contributed by atoms with Gasteiger partial charge in [-0.25, -0.2) is 4.98 Å². The minimum atomic E-state index is 1.06. The van der Waals surface area contributed by atoms with Gasteiger partial charge in [-0.2, -0.15) is 0 Å². The average Bonchev–Trinajstić information content (AvgIpc) is 2.20. The summed E-state index contributed by atoms with van der Waals surface area (Å²) in [7, 11) is 0. The zero-order valence-corrected chi connectivity index (χ0v) is 9.61. The van der Waals surface area contributed by atoms with Gasteiger partial charge in [0.1, 0.15) is 5.03 Å². The molecule has 0 spiro atoms. The first-order chi connectivity index (χ1) is 6.25. The van der Waals surface area contributed by atoms with E-state index in [4.69, 9.17) is 0 Å². The van der Waals surface area contributed by atoms with E-state index < -0.39 is 0 Å². The van der Waals surface area contributed by atoms with E-state index in [0.29, 0.717) is 0 Å². The average molecular weight is 195 g/mol. The molecule has 0 atom stereocenters. The number of rotatable bonds is 2. The summed E-state index contributed by atoms with van der Waals surface area (Å²) in [5.74, 6) is 0. The van der Waals surface area contributed by atoms with E-state index >= 15 is 0 Å². The second kappa shape index (κ2) is 6.72. The fraction of sp³-hybridized carbons (Fsp3) is 0.364. The first-order valence-electron chi connectivity index (χ1n) is 4.40. The van der Waals surface area contributed by atoms with Gasteiger partial charge in [-0.3, -0.25) is 0 Å². The van der Waals surface area contributed by atoms with Crippen LogP contribution in [0.25, 0.3) is 5.57 Å². The van der Waals surface area contributed by atoms with Gasteiger partial charge in [-0.15, -0.1) is 11.8 Å². The fourth-order valence-corrected chi connectivity index (χ4v) is 1.51. The van der Waals surface area contributed by atoms with Crippen LogP contribution in [0, 0.1) is 0 Å². The van der Waals surface area contributed by atoms with Crippen LogP contribution in [0.5, 0.6) is 0 Å². The first-order valence-corrected chi connectivity index (χ1v) is 5.63. The number of hydrogen-bond acceptors (Lipinski definition) is 2. The summed E-state index contributed by atoms with van der Waals surface area (Å²) in [4.78, 5) is 4.22. The third kappa shape index (κ3) is 3.64. The highest BCUT2D eigenvalue weighted by Crippen LogP contribution is 2.22. The molecule has 1 heterocycles. The van der Waals surface area contributed by atoms with Crippen molar-refractivity contribution in [1.29, 1.82) is 0 Å². The summed E-state index contributed by atoms with van der Waals surface area (Å²) < 4.78 is 0. The smallest absolute Gasteiger partial charge is 0.103 e. The molecule has 0 aliphatic carbocycles. The van der Waals surface area contributed by atoms with Crippen LogP contribution in [0.4, 0.5) is 0 Å². The van der Waals surface area contributed by atoms with Crippen molar-refractivity contribution in [2.75, 3.05) is 6.26 Å². The van der Waals surface area contributed by atoms with Crippen LogP contribution in [0.1, 0.15) is 26.3 Å². The lowest BCUT2D eigenvalue weighted by molar-refractivity contribution is 1.12. The molecule has 0 aliphatic heterocycles. The predicted octanol–water partition coefficient (Wildman–Crippen LogP) is 3.86. The maximum Gasteiger partial charge on any atom is 0.103 e. The predicted molar refractivity (Wildman–Crippen MR) is 62.1 cm³/mol. The van der Waals surface area contributed by atoms with Crippen molar-refractivity contribution in [1.82, 2.24) is 4.98 Å². The van der Waals surface area contributed by atoms with Crippen molar-refractivity contribution in [2.45, 2.75) is 25.8 Å². The fourth-order valence-electron chi connectivity index (χ4n) is 0.878. The summed E-state index contributed by atoms with van der Waals surface area (Å²) >= 11 is 1.65. The molecule has 0 unspecified atom stereocenters. The molecule has 72 valence electrons. The monoisotopic (exact) mass is 195 g/mol. The summed E-state index contributed by atoms with van der Waals surface area (Å²) in [6.07, 6.45) is 3.83. The molecule has 0 amide bonds. The van der Waals surface area contributed by atoms with Crippen molar-refractivity contribution in [3.05, 3.63) is 30.5 Å². The standard InChI is InChI=1S/C9H11NS.C2H6/c1-7(2)8-5-4-6-10-9(8)11-3;1-2/h4-6H,1H2,2-3H3;1-2H3. The van der Waals surface area contributed by atoms with Crippen molar-refractivity contribution in [3.8, 4) is 0 Å². The lowest BCUT2D eigenvalue weighted by Gasteiger charge is -2.03. The molecular formula is C11H17NS. The normalized spacial score (nSPS) is 8.62. The van der Waals surface area contributed by atoms with E-state index in [0.717, 1.165) is 16.2 Å². The van der Waals surface area contributed by atoms with Gasteiger partial charge in [0.15, 0.2) is 0 Å². The van der Waals surface area contributed by atoms with Crippen molar-refractivity contribution >= 4 is 17.3 Å². The van der Waals surface area contributed by atoms with Crippen molar-refractivity contribution in [2.24, 2.45) is 0 Å². The van der Waals surface area contributed by atoms with Gasteiger partial charge in [-0.1, -0.05) is 26.5 Å². The van der Waals surface area contributed by atoms with Crippen LogP contribution in [-0.2, 0) is 0 Å². The number of thioether (sulfide) groups is 1. The molecule has 2 heteroatoms. The number of nitrogens with zero attached hydrogens (tertiary/aromatic N) is 1. The summed E-state index contributed by atoms with van der Waals surface area (Å²) in [6.45, 7) is 9.88. The Hall–Kier alpha value is -0.760. The Labute approximate surface area is 85.3 Å². The Balaban J connectivity index is 0.000000671. The molecule has 1 nitrogen and oxygen atoms in total. The van der Waals surface area contributed by atoms with Gasteiger partial charge >= 0.3 is 0 Å². The van der Waals surface area contributed by atoms with Gasteiger partial charge in [0.2, 0.25) is 0 Å². The third-order valence-corrected chi connectivity index (χ3v) is 2.14. The molecule has 1 aromatic rings. The molecule has 0 bridgehead atoms. The number of pyridine rings is 1. The van der Waals surface area contributed by atoms with E-state index in [-0.39, 0.29) is 0 Å². The summed E-state index contributed by atoms with van der Waals surface area (Å²) in [5.41, 5.74) is 2.22. The summed E-state index contributed by atoms with van der Waals surface area (Å²) in [5, 5.41) is 1.06. The molecule has 1 aromatic heterocycles. The zero-order valence-electron chi connectivity index (χ0n) is 8.79. The SMILES string of the molecule is C=C(C)c1cccnc1SC.CC. The Kier molecular flexibility index (Phi) is 6.33. The summed E-state index contributed by atoms with van der Waals surface area (Å²) in [6, 6.07) is 3.98. The van der Waals surface area contributed by atoms with Crippen LogP contribution in [0.3, 0.4) is 0 Å². The molecule has 0 N–H and O–H groups in total. The molecule has 0 radical (unpaired) electrons. The molecule has 0 saturated heterocycles. The Bertz CT molecular complexity index is 269. The minimum absolute atomic E-state index is 1.06. The van der Waals surface area contributed by atoms with Crippen LogP contribution >= 0.6 is 11.8 Å². The maximum absolute atomic E-state index is 4.22.